The summed E-state index contributed by atoms with van der Waals surface area (Å²) in [6.45, 7) is -7.16. The molecule has 28 heavy (non-hydrogen) atoms. The van der Waals surface area contributed by atoms with E-state index in [9.17, 15) is 4.79 Å². The van der Waals surface area contributed by atoms with E-state index in [1.54, 1.807) is 0 Å². The van der Waals surface area contributed by atoms with Crippen molar-refractivity contribution in [3.8, 4) is 0 Å². The number of hydrogen-bond donors (Lipinski definition) is 0. The molecule has 5 heteroatoms. The third-order valence-corrected chi connectivity index (χ3v) is 5.41. The van der Waals surface area contributed by atoms with Gasteiger partial charge in [0.25, 0.3) is 0 Å². The van der Waals surface area contributed by atoms with Crippen LogP contribution in [0, 0.1) is 5.92 Å². The zero-order chi connectivity index (χ0) is 24.5. The van der Waals surface area contributed by atoms with Crippen LogP contribution in [0.15, 0.2) is 54.6 Å². The molecule has 0 aliphatic carbocycles. The van der Waals surface area contributed by atoms with Gasteiger partial charge in [0.05, 0.1) is 7.41 Å². The molecule has 6 rings (SSSR count). The molecule has 4 aliphatic heterocycles. The predicted molar refractivity (Wildman–Crippen MR) is 112 cm³/mol. The lowest BCUT2D eigenvalue weighted by Crippen LogP contribution is -2.53. The van der Waals surface area contributed by atoms with Crippen LogP contribution in [0.2, 0.25) is 0 Å². The van der Waals surface area contributed by atoms with E-state index in [1.807, 2.05) is 54.6 Å². The number of carbonyl (C=O) groups excluding carboxylic acids is 1. The largest absolute Gasteiger partial charge is 0.444 e. The maximum Gasteiger partial charge on any atom is 0.410 e. The van der Waals surface area contributed by atoms with Crippen LogP contribution >= 0.6 is 12.4 Å². The number of ether oxygens (including phenoxy) is 1. The molecule has 148 valence electrons. The zero-order valence-corrected chi connectivity index (χ0v) is 16.1. The third-order valence-electron chi connectivity index (χ3n) is 5.41. The molecule has 2 aromatic rings. The van der Waals surface area contributed by atoms with Gasteiger partial charge in [-0.15, -0.1) is 12.4 Å². The van der Waals surface area contributed by atoms with E-state index in [4.69, 9.17) is 14.3 Å². The highest BCUT2D eigenvalue weighted by atomic mass is 35.5. The predicted octanol–water partition coefficient (Wildman–Crippen LogP) is 4.29. The fourth-order valence-electron chi connectivity index (χ4n) is 4.01. The lowest BCUT2D eigenvalue weighted by atomic mass is 9.86. The number of nitrogens with zero attached hydrogens (tertiary/aromatic N) is 2. The van der Waals surface area contributed by atoms with E-state index in [-0.39, 0.29) is 25.2 Å². The Morgan fingerprint density at radius 3 is 2.54 bits per heavy atom. The quantitative estimate of drug-likeness (QED) is 0.747. The van der Waals surface area contributed by atoms with Crippen molar-refractivity contribution in [2.45, 2.75) is 31.4 Å². The minimum absolute atomic E-state index is 0. The topological polar surface area (TPSA) is 32.8 Å². The standard InChI is InChI=1S/C23H26N2O2.ClH/c26-23(27-21-16-24-13-10-18(21)11-14-24)25-15-12-17-6-4-5-9-20(17)22(25)19-7-2-1-3-8-19;/h1-9,18,21-22H,10-16H2;1H/t21-,22+;/m1./s1/i13D2,14D2,16D2,21D;. The van der Waals surface area contributed by atoms with Crippen LogP contribution in [0.5, 0.6) is 0 Å². The first-order valence-corrected chi connectivity index (χ1v) is 9.31. The molecule has 4 nitrogen and oxygen atoms in total. The van der Waals surface area contributed by atoms with Crippen molar-refractivity contribution in [1.29, 1.82) is 0 Å². The second-order valence-electron chi connectivity index (χ2n) is 7.06. The van der Waals surface area contributed by atoms with E-state index < -0.39 is 43.6 Å². The van der Waals surface area contributed by atoms with Gasteiger partial charge in [0.2, 0.25) is 0 Å². The van der Waals surface area contributed by atoms with Gasteiger partial charge in [-0.2, -0.15) is 0 Å². The number of amides is 1. The summed E-state index contributed by atoms with van der Waals surface area (Å²) in [6.07, 6.45) is -3.34. The molecule has 2 atom stereocenters. The van der Waals surface area contributed by atoms with Gasteiger partial charge in [0.15, 0.2) is 0 Å². The highest BCUT2D eigenvalue weighted by Crippen LogP contribution is 2.36. The molecule has 1 amide bonds. The van der Waals surface area contributed by atoms with E-state index >= 15 is 0 Å². The number of fused-ring (bicyclic) bond motifs is 4. The Morgan fingerprint density at radius 2 is 1.79 bits per heavy atom. The lowest BCUT2D eigenvalue weighted by molar-refractivity contribution is -0.0462. The fourth-order valence-corrected chi connectivity index (χ4v) is 4.01. The van der Waals surface area contributed by atoms with Gasteiger partial charge >= 0.3 is 6.09 Å². The molecule has 0 saturated carbocycles. The van der Waals surface area contributed by atoms with Crippen LogP contribution in [0.1, 0.15) is 45.2 Å². The summed E-state index contributed by atoms with van der Waals surface area (Å²) in [4.78, 5) is 15.5. The number of piperidine rings is 3. The van der Waals surface area contributed by atoms with Crippen LogP contribution in [0.3, 0.4) is 0 Å². The summed E-state index contributed by atoms with van der Waals surface area (Å²) in [5, 5.41) is 0. The Hall–Kier alpha value is -2.04. The molecule has 4 aliphatic rings. The second-order valence-corrected chi connectivity index (χ2v) is 7.06. The molecule has 0 spiro atoms. The van der Waals surface area contributed by atoms with E-state index in [0.717, 1.165) is 16.7 Å². The van der Waals surface area contributed by atoms with Gasteiger partial charge in [-0.05, 0) is 54.9 Å². The number of hydrogen-bond acceptors (Lipinski definition) is 3. The minimum atomic E-state index is -2.87. The third kappa shape index (κ3) is 3.51. The smallest absolute Gasteiger partial charge is 0.410 e. The highest BCUT2D eigenvalue weighted by molar-refractivity contribution is 5.85. The first-order chi connectivity index (χ1) is 15.9. The molecule has 2 aromatic carbocycles. The maximum absolute atomic E-state index is 13.6. The summed E-state index contributed by atoms with van der Waals surface area (Å²) >= 11 is 0. The first-order valence-electron chi connectivity index (χ1n) is 12.8. The summed E-state index contributed by atoms with van der Waals surface area (Å²) in [5.41, 5.74) is 2.89. The SMILES string of the molecule is Cl.[2H]C1([2H])CC2CC([2H])([2H])N1C([2H])([2H])[C@@]2([2H])OC(=O)N1CCc2ccccc2[C@@H]1c1ccccc1. The lowest BCUT2D eigenvalue weighted by Gasteiger charge is -2.45. The van der Waals surface area contributed by atoms with Crippen molar-refractivity contribution in [3.63, 3.8) is 0 Å². The number of rotatable bonds is 2. The van der Waals surface area contributed by atoms with Crippen LogP contribution in [0.4, 0.5) is 4.79 Å². The molecule has 0 unspecified atom stereocenters. The van der Waals surface area contributed by atoms with Crippen molar-refractivity contribution in [2.24, 2.45) is 5.92 Å². The highest BCUT2D eigenvalue weighted by Gasteiger charge is 2.39. The summed E-state index contributed by atoms with van der Waals surface area (Å²) in [5.74, 6) is -1.14. The van der Waals surface area contributed by atoms with Gasteiger partial charge in [-0.25, -0.2) is 4.79 Å². The summed E-state index contributed by atoms with van der Waals surface area (Å²) in [6, 6.07) is 16.7. The maximum atomic E-state index is 13.6. The molecule has 3 fully saturated rings. The van der Waals surface area contributed by atoms with Gasteiger partial charge in [-0.1, -0.05) is 54.6 Å². The number of carbonyl (C=O) groups is 1. The molecule has 3 saturated heterocycles. The van der Waals surface area contributed by atoms with Gasteiger partial charge in [-0.3, -0.25) is 9.80 Å². The fraction of sp³-hybridized carbons (Fsp3) is 0.435. The molecular weight excluding hydrogens is 372 g/mol. The van der Waals surface area contributed by atoms with Gasteiger partial charge in [0, 0.05) is 21.3 Å². The Balaban J connectivity index is 0.00000289. The summed E-state index contributed by atoms with van der Waals surface area (Å²) < 4.78 is 64.4. The van der Waals surface area contributed by atoms with Crippen LogP contribution in [-0.4, -0.2) is 48.0 Å². The zero-order valence-electron chi connectivity index (χ0n) is 22.3. The van der Waals surface area contributed by atoms with Crippen LogP contribution in [-0.2, 0) is 11.2 Å². The Labute approximate surface area is 182 Å². The molecule has 0 aromatic heterocycles. The molecule has 0 N–H and O–H groups in total. The van der Waals surface area contributed by atoms with Crippen molar-refractivity contribution < 1.29 is 19.1 Å². The first kappa shape index (κ1) is 12.5. The van der Waals surface area contributed by atoms with E-state index in [1.165, 1.54) is 4.90 Å². The van der Waals surface area contributed by atoms with E-state index in [0.29, 0.717) is 17.9 Å². The molecular formula is C23H27ClN2O2. The van der Waals surface area contributed by atoms with Crippen LogP contribution < -0.4 is 0 Å². The minimum Gasteiger partial charge on any atom is -0.444 e. The average molecular weight is 406 g/mol. The Kier molecular flexibility index (Phi) is 3.64. The normalized spacial score (nSPS) is 39.9. The average Bonchev–Trinajstić information content (AvgIpc) is 2.75. The van der Waals surface area contributed by atoms with Crippen molar-refractivity contribution in [2.75, 3.05) is 26.0 Å². The number of benzene rings is 2. The molecule has 2 bridgehead atoms. The van der Waals surface area contributed by atoms with Gasteiger partial charge < -0.3 is 4.74 Å². The monoisotopic (exact) mass is 405 g/mol. The molecule has 0 radical (unpaired) electrons. The summed E-state index contributed by atoms with van der Waals surface area (Å²) in [7, 11) is 0. The Morgan fingerprint density at radius 1 is 1.07 bits per heavy atom. The Bertz CT molecular complexity index is 1100. The van der Waals surface area contributed by atoms with Gasteiger partial charge in [0.1, 0.15) is 6.08 Å². The van der Waals surface area contributed by atoms with Crippen LogP contribution in [0.25, 0.3) is 0 Å². The van der Waals surface area contributed by atoms with Crippen molar-refractivity contribution in [3.05, 3.63) is 71.3 Å². The number of halogens is 1. The van der Waals surface area contributed by atoms with E-state index in [2.05, 4.69) is 0 Å². The molecule has 4 heterocycles. The van der Waals surface area contributed by atoms with Crippen molar-refractivity contribution >= 4 is 18.5 Å². The van der Waals surface area contributed by atoms with Crippen molar-refractivity contribution in [1.82, 2.24) is 9.80 Å². The second kappa shape index (κ2) is 8.14.